The van der Waals surface area contributed by atoms with Gasteiger partial charge in [-0.1, -0.05) is 69.7 Å². The maximum Gasteiger partial charge on any atom is 0.416 e. The number of allylic oxidation sites excluding steroid dienone is 4. The molecule has 2 aromatic heterocycles. The van der Waals surface area contributed by atoms with E-state index in [0.717, 1.165) is 37.0 Å². The van der Waals surface area contributed by atoms with E-state index in [1.165, 1.54) is 18.2 Å². The van der Waals surface area contributed by atoms with Gasteiger partial charge in [0.25, 0.3) is 0 Å². The van der Waals surface area contributed by atoms with Gasteiger partial charge in [-0.25, -0.2) is 0 Å². The number of hydrogen-bond acceptors (Lipinski definition) is 1. The molecule has 3 aromatic rings. The molecule has 2 heterocycles. The van der Waals surface area contributed by atoms with Crippen molar-refractivity contribution < 1.29 is 26.3 Å². The molecule has 1 atom stereocenters. The van der Waals surface area contributed by atoms with Gasteiger partial charge in [-0.05, 0) is 55.6 Å². The molecule has 0 spiro atoms. The smallest absolute Gasteiger partial charge is 0.252 e. The molecule has 3 rings (SSSR count). The average Bonchev–Trinajstić information content (AvgIpc) is 2.83. The van der Waals surface area contributed by atoms with Crippen LogP contribution in [0.5, 0.6) is 0 Å². The zero-order valence-corrected chi connectivity index (χ0v) is 21.1. The monoisotopic (exact) mass is 521 g/mol. The van der Waals surface area contributed by atoms with E-state index in [0.29, 0.717) is 17.0 Å². The Bertz CT molecular complexity index is 1270. The number of rotatable bonds is 6. The number of halogens is 6. The second kappa shape index (κ2) is 10.6. The summed E-state index contributed by atoms with van der Waals surface area (Å²) in [4.78, 5) is 4.67. The maximum atomic E-state index is 13.4. The Labute approximate surface area is 208 Å². The van der Waals surface area contributed by atoms with Gasteiger partial charge in [0.2, 0.25) is 0 Å². The van der Waals surface area contributed by atoms with E-state index in [2.05, 4.69) is 4.98 Å². The van der Waals surface area contributed by atoms with Crippen LogP contribution in [0.4, 0.5) is 26.3 Å². The number of aromatic nitrogens is 1. The van der Waals surface area contributed by atoms with Crippen LogP contribution in [0.15, 0.2) is 84.5 Å². The molecule has 36 heavy (non-hydrogen) atoms. The Kier molecular flexibility index (Phi) is 8.14. The Morgan fingerprint density at radius 2 is 1.58 bits per heavy atom. The lowest BCUT2D eigenvalue weighted by atomic mass is 9.86. The summed E-state index contributed by atoms with van der Waals surface area (Å²) in [6.45, 7) is 7.16. The summed E-state index contributed by atoms with van der Waals surface area (Å²) in [5, 5.41) is 1.73. The zero-order chi connectivity index (χ0) is 26.7. The summed E-state index contributed by atoms with van der Waals surface area (Å²) in [7, 11) is 0.766. The molecule has 1 unspecified atom stereocenters. The van der Waals surface area contributed by atoms with Crippen LogP contribution in [0.25, 0.3) is 11.3 Å². The van der Waals surface area contributed by atoms with Gasteiger partial charge in [-0.3, -0.25) is 4.98 Å². The molecule has 0 saturated heterocycles. The van der Waals surface area contributed by atoms with E-state index >= 15 is 0 Å². The molecule has 0 amide bonds. The minimum atomic E-state index is -4.46. The van der Waals surface area contributed by atoms with Crippen LogP contribution in [-0.2, 0) is 11.6 Å². The van der Waals surface area contributed by atoms with Crippen molar-refractivity contribution in [1.82, 2.24) is 4.98 Å². The quantitative estimate of drug-likeness (QED) is 0.232. The minimum absolute atomic E-state index is 0.354. The summed E-state index contributed by atoms with van der Waals surface area (Å²) in [6, 6.07) is 15.8. The third-order valence-corrected chi connectivity index (χ3v) is 7.62. The molecule has 0 fully saturated rings. The highest BCUT2D eigenvalue weighted by Gasteiger charge is 2.33. The van der Waals surface area contributed by atoms with Gasteiger partial charge in [0.15, 0.2) is 0 Å². The van der Waals surface area contributed by atoms with Crippen LogP contribution in [0.1, 0.15) is 55.5 Å². The van der Waals surface area contributed by atoms with Gasteiger partial charge in [-0.2, -0.15) is 26.3 Å². The van der Waals surface area contributed by atoms with Crippen LogP contribution in [0, 0.1) is 0 Å². The van der Waals surface area contributed by atoms with E-state index < -0.39 is 34.8 Å². The number of benzene rings is 1. The fraction of sp³-hybridized carbons (Fsp3) is 0.286. The second-order valence-corrected chi connectivity index (χ2v) is 10.2. The van der Waals surface area contributed by atoms with Crippen LogP contribution in [-0.4, -0.2) is 11.2 Å². The van der Waals surface area contributed by atoms with E-state index in [1.807, 2.05) is 38.1 Å². The lowest BCUT2D eigenvalue weighted by Gasteiger charge is -2.26. The Balaban J connectivity index is 1.98. The number of nitrogens with zero attached hydrogens (tertiary/aromatic N) is 1. The molecule has 0 radical (unpaired) electrons. The summed E-state index contributed by atoms with van der Waals surface area (Å²) in [5.41, 5.74) is -0.639. The minimum Gasteiger partial charge on any atom is -0.252 e. The lowest BCUT2D eigenvalue weighted by Crippen LogP contribution is -2.19. The van der Waals surface area contributed by atoms with E-state index in [9.17, 15) is 26.3 Å². The van der Waals surface area contributed by atoms with Gasteiger partial charge in [-0.15, -0.1) is 0 Å². The first kappa shape index (κ1) is 27.7. The van der Waals surface area contributed by atoms with Crippen molar-refractivity contribution in [2.45, 2.75) is 51.4 Å². The first-order valence-electron chi connectivity index (χ1n) is 11.3. The SMILES string of the molecule is C/C=C\C(=C/C(C)c1cccc(C(C)(C)c2cccc(-c3cccc(C(F)(F)F)c3)n2)p1)C(F)(F)F. The standard InChI is InChI=1S/C28H26F6NP/c1-5-9-20(27(29,30)31)16-18(2)23-13-8-15-25(36-23)26(3,4)24-14-7-12-22(35-24)19-10-6-11-21(17-19)28(32,33)34/h5-18H,1-4H3/b9-5-,20-16+. The molecule has 0 bridgehead atoms. The second-order valence-electron chi connectivity index (χ2n) is 8.97. The van der Waals surface area contributed by atoms with Crippen molar-refractivity contribution in [3.63, 3.8) is 0 Å². The summed E-state index contributed by atoms with van der Waals surface area (Å²) in [6.07, 6.45) is -5.26. The Hall–Kier alpha value is -2.92. The van der Waals surface area contributed by atoms with Crippen LogP contribution < -0.4 is 0 Å². The van der Waals surface area contributed by atoms with E-state index in [-0.39, 0.29) is 0 Å². The molecule has 0 saturated carbocycles. The third-order valence-electron chi connectivity index (χ3n) is 5.86. The molecule has 0 aliphatic heterocycles. The molecule has 1 aromatic carbocycles. The molecular formula is C28H26F6NP. The van der Waals surface area contributed by atoms with Crippen LogP contribution in [0.3, 0.4) is 0 Å². The van der Waals surface area contributed by atoms with Crippen molar-refractivity contribution in [1.29, 1.82) is 0 Å². The summed E-state index contributed by atoms with van der Waals surface area (Å²) >= 11 is 0. The molecule has 8 heteroatoms. The Morgan fingerprint density at radius 3 is 2.22 bits per heavy atom. The Morgan fingerprint density at radius 1 is 0.917 bits per heavy atom. The fourth-order valence-corrected chi connectivity index (χ4v) is 5.03. The highest BCUT2D eigenvalue weighted by Crippen LogP contribution is 2.41. The molecule has 190 valence electrons. The van der Waals surface area contributed by atoms with Gasteiger partial charge in [0.1, 0.15) is 0 Å². The fourth-order valence-electron chi connectivity index (χ4n) is 3.76. The predicted molar refractivity (Wildman–Crippen MR) is 133 cm³/mol. The van der Waals surface area contributed by atoms with Crippen LogP contribution in [0.2, 0.25) is 0 Å². The first-order valence-corrected chi connectivity index (χ1v) is 12.2. The number of hydrogen-bond donors (Lipinski definition) is 0. The van der Waals surface area contributed by atoms with Crippen molar-refractivity contribution in [3.05, 3.63) is 106 Å². The zero-order valence-electron chi connectivity index (χ0n) is 20.2. The lowest BCUT2D eigenvalue weighted by molar-refractivity contribution is -0.137. The highest BCUT2D eigenvalue weighted by atomic mass is 31.0. The van der Waals surface area contributed by atoms with Crippen molar-refractivity contribution in [2.75, 3.05) is 0 Å². The van der Waals surface area contributed by atoms with Gasteiger partial charge >= 0.3 is 12.4 Å². The largest absolute Gasteiger partial charge is 0.416 e. The van der Waals surface area contributed by atoms with E-state index in [4.69, 9.17) is 0 Å². The summed E-state index contributed by atoms with van der Waals surface area (Å²) < 4.78 is 79.6. The highest BCUT2D eigenvalue weighted by molar-refractivity contribution is 7.32. The molecule has 0 N–H and O–H groups in total. The summed E-state index contributed by atoms with van der Waals surface area (Å²) in [5.74, 6) is -0.459. The molecule has 0 aliphatic rings. The van der Waals surface area contributed by atoms with Crippen molar-refractivity contribution >= 4 is 8.19 Å². The third kappa shape index (κ3) is 6.44. The van der Waals surface area contributed by atoms with E-state index in [1.54, 1.807) is 32.0 Å². The predicted octanol–water partition coefficient (Wildman–Crippen LogP) is 9.84. The van der Waals surface area contributed by atoms with Gasteiger partial charge in [0.05, 0.1) is 22.5 Å². The normalized spacial score (nSPS) is 14.6. The number of alkyl halides is 6. The topological polar surface area (TPSA) is 12.9 Å². The maximum absolute atomic E-state index is 13.4. The van der Waals surface area contributed by atoms with Crippen molar-refractivity contribution in [3.8, 4) is 11.3 Å². The van der Waals surface area contributed by atoms with Gasteiger partial charge in [0, 0.05) is 16.9 Å². The average molecular weight is 521 g/mol. The molecular weight excluding hydrogens is 495 g/mol. The first-order chi connectivity index (χ1) is 16.7. The molecule has 1 nitrogen and oxygen atoms in total. The van der Waals surface area contributed by atoms with Gasteiger partial charge < -0.3 is 0 Å². The van der Waals surface area contributed by atoms with Crippen molar-refractivity contribution in [2.24, 2.45) is 0 Å². The van der Waals surface area contributed by atoms with Crippen LogP contribution >= 0.6 is 8.19 Å². The molecule has 0 aliphatic carbocycles. The number of pyridine rings is 1.